The predicted molar refractivity (Wildman–Crippen MR) is 90.3 cm³/mol. The fourth-order valence-corrected chi connectivity index (χ4v) is 3.48. The lowest BCUT2D eigenvalue weighted by atomic mass is 9.87. The molecule has 118 valence electrons. The zero-order chi connectivity index (χ0) is 16.4. The Bertz CT molecular complexity index is 714. The molecule has 2 aromatic rings. The van der Waals surface area contributed by atoms with Crippen LogP contribution in [0, 0.1) is 0 Å². The zero-order valence-corrected chi connectivity index (χ0v) is 14.3. The Kier molecular flexibility index (Phi) is 4.73. The van der Waals surface area contributed by atoms with Gasteiger partial charge in [-0.1, -0.05) is 63.2 Å². The maximum absolute atomic E-state index is 12.5. The molecule has 0 saturated carbocycles. The van der Waals surface area contributed by atoms with E-state index in [0.29, 0.717) is 4.90 Å². The minimum atomic E-state index is -3.52. The van der Waals surface area contributed by atoms with E-state index in [2.05, 4.69) is 25.5 Å². The fraction of sp³-hybridized carbons (Fsp3) is 0.333. The van der Waals surface area contributed by atoms with Gasteiger partial charge in [-0.25, -0.2) is 13.1 Å². The van der Waals surface area contributed by atoms with E-state index in [1.54, 1.807) is 12.1 Å². The maximum Gasteiger partial charge on any atom is 0.241 e. The van der Waals surface area contributed by atoms with E-state index in [1.165, 1.54) is 0 Å². The van der Waals surface area contributed by atoms with Crippen LogP contribution in [-0.4, -0.2) is 8.42 Å². The van der Waals surface area contributed by atoms with Gasteiger partial charge in [0, 0.05) is 6.04 Å². The van der Waals surface area contributed by atoms with Gasteiger partial charge < -0.3 is 0 Å². The molecule has 2 rings (SSSR count). The lowest BCUT2D eigenvalue weighted by Gasteiger charge is -2.19. The van der Waals surface area contributed by atoms with Crippen molar-refractivity contribution in [2.75, 3.05) is 0 Å². The summed E-state index contributed by atoms with van der Waals surface area (Å²) in [7, 11) is -3.52. The maximum atomic E-state index is 12.5. The van der Waals surface area contributed by atoms with Gasteiger partial charge in [0.25, 0.3) is 0 Å². The second-order valence-corrected chi connectivity index (χ2v) is 8.24. The first-order chi connectivity index (χ1) is 10.2. The molecule has 0 heterocycles. The van der Waals surface area contributed by atoms with Crippen LogP contribution >= 0.6 is 0 Å². The molecule has 22 heavy (non-hydrogen) atoms. The van der Waals surface area contributed by atoms with E-state index in [-0.39, 0.29) is 11.5 Å². The molecule has 1 N–H and O–H groups in total. The third kappa shape index (κ3) is 3.96. The molecule has 0 fully saturated rings. The van der Waals surface area contributed by atoms with E-state index < -0.39 is 10.0 Å². The number of rotatable bonds is 4. The van der Waals surface area contributed by atoms with Crippen molar-refractivity contribution in [3.8, 4) is 0 Å². The third-order valence-electron chi connectivity index (χ3n) is 3.66. The number of hydrogen-bond acceptors (Lipinski definition) is 2. The number of sulfonamides is 1. The summed E-state index contributed by atoms with van der Waals surface area (Å²) >= 11 is 0. The Labute approximate surface area is 133 Å². The second-order valence-electron chi connectivity index (χ2n) is 6.53. The SMILES string of the molecule is C[C@@H](NS(=O)(=O)c1ccc(C(C)(C)C)cc1)c1ccccc1. The smallest absolute Gasteiger partial charge is 0.207 e. The molecule has 2 aromatic carbocycles. The standard InChI is InChI=1S/C18H23NO2S/c1-14(15-8-6-5-7-9-15)19-22(20,21)17-12-10-16(11-13-17)18(2,3)4/h5-14,19H,1-4H3/t14-/m1/s1. The van der Waals surface area contributed by atoms with Gasteiger partial charge in [0.2, 0.25) is 10.0 Å². The molecule has 0 aliphatic carbocycles. The van der Waals surface area contributed by atoms with Crippen LogP contribution in [0.2, 0.25) is 0 Å². The van der Waals surface area contributed by atoms with Gasteiger partial charge in [0.05, 0.1) is 4.90 Å². The molecular weight excluding hydrogens is 294 g/mol. The van der Waals surface area contributed by atoms with Crippen molar-refractivity contribution < 1.29 is 8.42 Å². The molecule has 4 heteroatoms. The highest BCUT2D eigenvalue weighted by Gasteiger charge is 2.20. The predicted octanol–water partition coefficient (Wildman–Crippen LogP) is 4.02. The number of nitrogens with one attached hydrogen (secondary N) is 1. The number of benzene rings is 2. The van der Waals surface area contributed by atoms with Crippen molar-refractivity contribution in [3.05, 3.63) is 65.7 Å². The summed E-state index contributed by atoms with van der Waals surface area (Å²) < 4.78 is 27.7. The van der Waals surface area contributed by atoms with Gasteiger partial charge in [-0.15, -0.1) is 0 Å². The second kappa shape index (κ2) is 6.23. The normalized spacial score (nSPS) is 13.8. The summed E-state index contributed by atoms with van der Waals surface area (Å²) in [5.74, 6) is 0. The Morgan fingerprint density at radius 3 is 1.95 bits per heavy atom. The van der Waals surface area contributed by atoms with Crippen LogP contribution in [0.15, 0.2) is 59.5 Å². The Morgan fingerprint density at radius 2 is 1.45 bits per heavy atom. The van der Waals surface area contributed by atoms with Crippen LogP contribution in [0.1, 0.15) is 44.9 Å². The van der Waals surface area contributed by atoms with Crippen LogP contribution in [-0.2, 0) is 15.4 Å². The topological polar surface area (TPSA) is 46.2 Å². The van der Waals surface area contributed by atoms with E-state index >= 15 is 0 Å². The lowest BCUT2D eigenvalue weighted by molar-refractivity contribution is 0.565. The van der Waals surface area contributed by atoms with Gasteiger partial charge in [-0.05, 0) is 35.6 Å². The van der Waals surface area contributed by atoms with Crippen LogP contribution in [0.4, 0.5) is 0 Å². The van der Waals surface area contributed by atoms with Crippen LogP contribution in [0.3, 0.4) is 0 Å². The zero-order valence-electron chi connectivity index (χ0n) is 13.5. The molecule has 0 spiro atoms. The molecule has 0 aliphatic rings. The molecule has 0 aromatic heterocycles. The average Bonchev–Trinajstić information content (AvgIpc) is 2.47. The quantitative estimate of drug-likeness (QED) is 0.925. The van der Waals surface area contributed by atoms with Gasteiger partial charge >= 0.3 is 0 Å². The largest absolute Gasteiger partial charge is 0.241 e. The minimum absolute atomic E-state index is 0.00699. The first kappa shape index (κ1) is 16.7. The summed E-state index contributed by atoms with van der Waals surface area (Å²) in [5, 5.41) is 0. The molecule has 1 atom stereocenters. The molecule has 0 saturated heterocycles. The van der Waals surface area contributed by atoms with E-state index in [0.717, 1.165) is 11.1 Å². The highest BCUT2D eigenvalue weighted by molar-refractivity contribution is 7.89. The molecule has 0 radical (unpaired) electrons. The van der Waals surface area contributed by atoms with Crippen LogP contribution < -0.4 is 4.72 Å². The summed E-state index contributed by atoms with van der Waals surface area (Å²) in [4.78, 5) is 0.295. The van der Waals surface area contributed by atoms with Gasteiger partial charge in [-0.3, -0.25) is 0 Å². The fourth-order valence-electron chi connectivity index (χ4n) is 2.24. The third-order valence-corrected chi connectivity index (χ3v) is 5.22. The van der Waals surface area contributed by atoms with Crippen molar-refractivity contribution >= 4 is 10.0 Å². The van der Waals surface area contributed by atoms with Crippen molar-refractivity contribution in [2.45, 2.75) is 44.0 Å². The van der Waals surface area contributed by atoms with Crippen molar-refractivity contribution in [1.82, 2.24) is 4.72 Å². The minimum Gasteiger partial charge on any atom is -0.207 e. The van der Waals surface area contributed by atoms with E-state index in [1.807, 2.05) is 49.4 Å². The van der Waals surface area contributed by atoms with Crippen LogP contribution in [0.25, 0.3) is 0 Å². The highest BCUT2D eigenvalue weighted by Crippen LogP contribution is 2.24. The molecule has 0 aliphatic heterocycles. The van der Waals surface area contributed by atoms with E-state index in [9.17, 15) is 8.42 Å². The highest BCUT2D eigenvalue weighted by atomic mass is 32.2. The van der Waals surface area contributed by atoms with E-state index in [4.69, 9.17) is 0 Å². The Hall–Kier alpha value is -1.65. The first-order valence-electron chi connectivity index (χ1n) is 7.38. The van der Waals surface area contributed by atoms with Crippen molar-refractivity contribution in [2.24, 2.45) is 0 Å². The van der Waals surface area contributed by atoms with Crippen molar-refractivity contribution in [3.63, 3.8) is 0 Å². The Morgan fingerprint density at radius 1 is 0.909 bits per heavy atom. The number of hydrogen-bond donors (Lipinski definition) is 1. The van der Waals surface area contributed by atoms with Gasteiger partial charge in [0.1, 0.15) is 0 Å². The molecule has 0 bridgehead atoms. The molecule has 3 nitrogen and oxygen atoms in total. The van der Waals surface area contributed by atoms with Gasteiger partial charge in [-0.2, -0.15) is 0 Å². The summed E-state index contributed by atoms with van der Waals surface area (Å²) in [6.07, 6.45) is 0. The molecular formula is C18H23NO2S. The first-order valence-corrected chi connectivity index (χ1v) is 8.86. The molecule has 0 amide bonds. The molecule has 0 unspecified atom stereocenters. The Balaban J connectivity index is 2.20. The summed E-state index contributed by atoms with van der Waals surface area (Å²) in [6, 6.07) is 16.4. The van der Waals surface area contributed by atoms with Crippen LogP contribution in [0.5, 0.6) is 0 Å². The lowest BCUT2D eigenvalue weighted by Crippen LogP contribution is -2.27. The monoisotopic (exact) mass is 317 g/mol. The summed E-state index contributed by atoms with van der Waals surface area (Å²) in [5.41, 5.74) is 2.06. The van der Waals surface area contributed by atoms with Crippen molar-refractivity contribution in [1.29, 1.82) is 0 Å². The summed E-state index contributed by atoms with van der Waals surface area (Å²) in [6.45, 7) is 8.15. The average molecular weight is 317 g/mol. The van der Waals surface area contributed by atoms with Gasteiger partial charge in [0.15, 0.2) is 0 Å².